The Hall–Kier alpha value is -4.67. The van der Waals surface area contributed by atoms with E-state index in [0.717, 1.165) is 34.0 Å². The maximum Gasteiger partial charge on any atom is 0.128 e. The lowest BCUT2D eigenvalue weighted by molar-refractivity contribution is 0.481. The van der Waals surface area contributed by atoms with Gasteiger partial charge < -0.3 is 4.74 Å². The quantitative estimate of drug-likeness (QED) is 0.227. The summed E-state index contributed by atoms with van der Waals surface area (Å²) in [7, 11) is 0. The zero-order chi connectivity index (χ0) is 26.1. The molecular formula is C35H24N2OS. The van der Waals surface area contributed by atoms with E-state index >= 15 is 0 Å². The Balaban J connectivity index is 1.39. The van der Waals surface area contributed by atoms with Gasteiger partial charge in [-0.3, -0.25) is 9.97 Å². The van der Waals surface area contributed by atoms with Crippen molar-refractivity contribution in [3.63, 3.8) is 0 Å². The zero-order valence-corrected chi connectivity index (χ0v) is 21.9. The van der Waals surface area contributed by atoms with E-state index in [0.29, 0.717) is 0 Å². The first-order valence-corrected chi connectivity index (χ1v) is 13.7. The minimum Gasteiger partial charge on any atom is -0.457 e. The van der Waals surface area contributed by atoms with E-state index in [1.54, 1.807) is 0 Å². The first kappa shape index (κ1) is 23.4. The number of fused-ring (bicyclic) bond motifs is 2. The second-order valence-electron chi connectivity index (χ2n) is 9.43. The summed E-state index contributed by atoms with van der Waals surface area (Å²) in [6.45, 7) is 0. The number of hydrogen-bond acceptors (Lipinski definition) is 4. The molecule has 1 aliphatic heterocycles. The number of hydrogen-bond donors (Lipinski definition) is 0. The molecule has 0 bridgehead atoms. The highest BCUT2D eigenvalue weighted by molar-refractivity contribution is 7.99. The molecule has 4 heteroatoms. The molecule has 3 nitrogen and oxygen atoms in total. The monoisotopic (exact) mass is 520 g/mol. The second kappa shape index (κ2) is 9.90. The minimum absolute atomic E-state index is 0.588. The Bertz CT molecular complexity index is 1720. The smallest absolute Gasteiger partial charge is 0.128 e. The molecule has 186 valence electrons. The van der Waals surface area contributed by atoms with Gasteiger partial charge in [0.25, 0.3) is 0 Å². The molecule has 2 aromatic heterocycles. The Morgan fingerprint density at radius 1 is 0.538 bits per heavy atom. The molecule has 0 saturated carbocycles. The molecule has 3 heterocycles. The highest BCUT2D eigenvalue weighted by Gasteiger charge is 2.45. The lowest BCUT2D eigenvalue weighted by atomic mass is 9.66. The summed E-state index contributed by atoms with van der Waals surface area (Å²) < 4.78 is 6.48. The Morgan fingerprint density at radius 3 is 1.87 bits per heavy atom. The molecule has 7 rings (SSSR count). The van der Waals surface area contributed by atoms with Gasteiger partial charge in [0, 0.05) is 27.7 Å². The minimum atomic E-state index is -0.588. The van der Waals surface area contributed by atoms with Crippen LogP contribution in [-0.4, -0.2) is 9.97 Å². The lowest BCUT2D eigenvalue weighted by Crippen LogP contribution is -2.34. The number of pyridine rings is 2. The van der Waals surface area contributed by atoms with Crippen molar-refractivity contribution in [3.8, 4) is 22.8 Å². The van der Waals surface area contributed by atoms with Gasteiger partial charge in [-0.1, -0.05) is 84.6 Å². The third-order valence-electron chi connectivity index (χ3n) is 7.15. The summed E-state index contributed by atoms with van der Waals surface area (Å²) >= 11 is 1.82. The van der Waals surface area contributed by atoms with E-state index in [-0.39, 0.29) is 0 Å². The van der Waals surface area contributed by atoms with Gasteiger partial charge in [-0.2, -0.15) is 0 Å². The summed E-state index contributed by atoms with van der Waals surface area (Å²) in [6, 6.07) is 45.9. The predicted octanol–water partition coefficient (Wildman–Crippen LogP) is 8.78. The highest BCUT2D eigenvalue weighted by atomic mass is 32.2. The molecule has 0 aliphatic carbocycles. The SMILES string of the molecule is c1ccc(-c2cccc(Oc3cccc(C4(c5ccccn5)c5ccccc5Sc5ccccc54)c3)c2)nc1. The Kier molecular flexibility index (Phi) is 5.95. The van der Waals surface area contributed by atoms with Crippen LogP contribution in [0.25, 0.3) is 11.3 Å². The van der Waals surface area contributed by atoms with E-state index in [9.17, 15) is 0 Å². The summed E-state index contributed by atoms with van der Waals surface area (Å²) in [6.07, 6.45) is 3.69. The zero-order valence-electron chi connectivity index (χ0n) is 21.1. The molecular weight excluding hydrogens is 496 g/mol. The molecule has 0 N–H and O–H groups in total. The van der Waals surface area contributed by atoms with Crippen LogP contribution in [-0.2, 0) is 5.41 Å². The van der Waals surface area contributed by atoms with Crippen LogP contribution in [0.4, 0.5) is 0 Å². The average Bonchev–Trinajstić information content (AvgIpc) is 3.01. The van der Waals surface area contributed by atoms with Crippen LogP contribution < -0.4 is 4.74 Å². The van der Waals surface area contributed by atoms with E-state index in [4.69, 9.17) is 9.72 Å². The van der Waals surface area contributed by atoms with Gasteiger partial charge in [0.05, 0.1) is 16.8 Å². The molecule has 1 aliphatic rings. The topological polar surface area (TPSA) is 35.0 Å². The first-order valence-electron chi connectivity index (χ1n) is 12.9. The molecule has 4 aromatic carbocycles. The molecule has 0 amide bonds. The van der Waals surface area contributed by atoms with Crippen molar-refractivity contribution in [1.29, 1.82) is 0 Å². The molecule has 6 aromatic rings. The van der Waals surface area contributed by atoms with Gasteiger partial charge in [0.1, 0.15) is 11.5 Å². The van der Waals surface area contributed by atoms with Crippen LogP contribution in [0, 0.1) is 0 Å². The molecule has 0 unspecified atom stereocenters. The van der Waals surface area contributed by atoms with Gasteiger partial charge in [0.2, 0.25) is 0 Å². The molecule has 39 heavy (non-hydrogen) atoms. The summed E-state index contributed by atoms with van der Waals surface area (Å²) in [5.41, 5.74) is 5.89. The van der Waals surface area contributed by atoms with Crippen LogP contribution in [0.3, 0.4) is 0 Å². The molecule has 0 radical (unpaired) electrons. The van der Waals surface area contributed by atoms with Crippen molar-refractivity contribution in [2.75, 3.05) is 0 Å². The third kappa shape index (κ3) is 4.10. The number of ether oxygens (including phenoxy) is 1. The van der Waals surface area contributed by atoms with Crippen LogP contribution in [0.2, 0.25) is 0 Å². The molecule has 0 atom stereocenters. The average molecular weight is 521 g/mol. The summed E-state index contributed by atoms with van der Waals surface area (Å²) in [5.74, 6) is 1.54. The predicted molar refractivity (Wildman–Crippen MR) is 156 cm³/mol. The highest BCUT2D eigenvalue weighted by Crippen LogP contribution is 2.55. The standard InChI is InChI=1S/C35H24N2OS/c1-3-18-32-29(15-1)35(34-20-6-8-22-37-34,30-16-2-4-19-33(30)39-32)26-12-10-14-28(24-26)38-27-13-9-11-25(23-27)31-17-5-7-21-36-31/h1-24H. The first-order chi connectivity index (χ1) is 19.3. The number of benzene rings is 4. The fourth-order valence-electron chi connectivity index (χ4n) is 5.50. The lowest BCUT2D eigenvalue weighted by Gasteiger charge is -2.40. The Labute approximate surface area is 232 Å². The number of aromatic nitrogens is 2. The number of nitrogens with zero attached hydrogens (tertiary/aromatic N) is 2. The third-order valence-corrected chi connectivity index (χ3v) is 8.30. The van der Waals surface area contributed by atoms with Crippen molar-refractivity contribution in [2.45, 2.75) is 15.2 Å². The number of rotatable bonds is 5. The maximum atomic E-state index is 6.48. The van der Waals surface area contributed by atoms with Crippen LogP contribution in [0.1, 0.15) is 22.4 Å². The van der Waals surface area contributed by atoms with Gasteiger partial charge in [-0.15, -0.1) is 0 Å². The fourth-order valence-corrected chi connectivity index (χ4v) is 6.69. The fraction of sp³-hybridized carbons (Fsp3) is 0.0286. The van der Waals surface area contributed by atoms with E-state index in [1.165, 1.54) is 20.9 Å². The van der Waals surface area contributed by atoms with Crippen LogP contribution in [0.15, 0.2) is 156 Å². The van der Waals surface area contributed by atoms with Gasteiger partial charge in [0.15, 0.2) is 0 Å². The Morgan fingerprint density at radius 2 is 1.18 bits per heavy atom. The van der Waals surface area contributed by atoms with Gasteiger partial charge in [-0.05, 0) is 77.4 Å². The van der Waals surface area contributed by atoms with E-state index in [1.807, 2.05) is 72.7 Å². The van der Waals surface area contributed by atoms with Crippen molar-refractivity contribution in [1.82, 2.24) is 9.97 Å². The molecule has 0 spiro atoms. The maximum absolute atomic E-state index is 6.48. The largest absolute Gasteiger partial charge is 0.457 e. The van der Waals surface area contributed by atoms with Crippen molar-refractivity contribution < 1.29 is 4.74 Å². The van der Waals surface area contributed by atoms with Crippen molar-refractivity contribution >= 4 is 11.8 Å². The van der Waals surface area contributed by atoms with Crippen molar-refractivity contribution in [3.05, 3.63) is 168 Å². The molecule has 0 fully saturated rings. The van der Waals surface area contributed by atoms with Crippen LogP contribution in [0.5, 0.6) is 11.5 Å². The second-order valence-corrected chi connectivity index (χ2v) is 10.5. The van der Waals surface area contributed by atoms with Crippen LogP contribution >= 0.6 is 11.8 Å². The van der Waals surface area contributed by atoms with Crippen molar-refractivity contribution in [2.24, 2.45) is 0 Å². The van der Waals surface area contributed by atoms with E-state index < -0.39 is 5.41 Å². The van der Waals surface area contributed by atoms with Gasteiger partial charge in [-0.25, -0.2) is 0 Å². The molecule has 0 saturated heterocycles. The summed E-state index contributed by atoms with van der Waals surface area (Å²) in [4.78, 5) is 11.9. The normalized spacial score (nSPS) is 13.2. The van der Waals surface area contributed by atoms with Gasteiger partial charge >= 0.3 is 0 Å². The summed E-state index contributed by atoms with van der Waals surface area (Å²) in [5, 5.41) is 0. The van der Waals surface area contributed by atoms with E-state index in [2.05, 4.69) is 89.9 Å².